The maximum Gasteiger partial charge on any atom is 0.480 e. The molecule has 0 unspecified atom stereocenters. The van der Waals surface area contributed by atoms with Gasteiger partial charge in [0.05, 0.1) is 0 Å². The van der Waals surface area contributed by atoms with E-state index in [1.807, 2.05) is 20.8 Å². The highest BCUT2D eigenvalue weighted by Crippen LogP contribution is 2.21. The molecule has 0 aliphatic carbocycles. The molecule has 0 amide bonds. The third kappa shape index (κ3) is 4.17. The Balaban J connectivity index is 2.98. The van der Waals surface area contributed by atoms with Crippen LogP contribution in [0.15, 0.2) is 30.2 Å². The second-order valence-corrected chi connectivity index (χ2v) is 4.98. The van der Waals surface area contributed by atoms with Crippen LogP contribution in [0, 0.1) is 5.41 Å². The lowest BCUT2D eigenvalue weighted by atomic mass is 9.85. The van der Waals surface area contributed by atoms with Crippen molar-refractivity contribution in [2.24, 2.45) is 5.41 Å². The fourth-order valence-electron chi connectivity index (χ4n) is 1.41. The summed E-state index contributed by atoms with van der Waals surface area (Å²) in [5.41, 5.74) is 0.985. The average Bonchev–Trinajstić information content (AvgIpc) is 2.24. The molecule has 0 saturated carbocycles. The quantitative estimate of drug-likeness (QED) is 0.618. The molecule has 1 rings (SSSR count). The molecule has 1 aromatic carbocycles. The van der Waals surface area contributed by atoms with Crippen LogP contribution in [0.3, 0.4) is 0 Å². The monoisotopic (exact) mass is 232 g/mol. The lowest BCUT2D eigenvalue weighted by molar-refractivity contribution is 0.0858. The fourth-order valence-corrected chi connectivity index (χ4v) is 1.41. The van der Waals surface area contributed by atoms with Gasteiger partial charge in [0.15, 0.2) is 5.78 Å². The zero-order chi connectivity index (χ0) is 13.1. The lowest BCUT2D eigenvalue weighted by Crippen LogP contribution is -2.20. The molecule has 90 valence electrons. The topological polar surface area (TPSA) is 57.5 Å². The number of carbonyl (C=O) groups is 1. The van der Waals surface area contributed by atoms with Gasteiger partial charge in [-0.2, -0.15) is 0 Å². The number of benzene rings is 1. The van der Waals surface area contributed by atoms with Gasteiger partial charge in [0.1, 0.15) is 0 Å². The molecule has 2 N–H and O–H groups in total. The zero-order valence-electron chi connectivity index (χ0n) is 10.3. The third-order valence-corrected chi connectivity index (χ3v) is 2.29. The molecule has 0 spiro atoms. The van der Waals surface area contributed by atoms with Crippen LogP contribution >= 0.6 is 0 Å². The van der Waals surface area contributed by atoms with Crippen LogP contribution in [0.5, 0.6) is 0 Å². The van der Waals surface area contributed by atoms with Crippen LogP contribution < -0.4 is 0 Å². The molecule has 0 aliphatic heterocycles. The second-order valence-electron chi connectivity index (χ2n) is 4.98. The minimum atomic E-state index is -1.48. The highest BCUT2D eigenvalue weighted by Gasteiger charge is 2.22. The highest BCUT2D eigenvalue weighted by molar-refractivity contribution is 6.48. The number of rotatable bonds is 3. The molecule has 0 aliphatic rings. The van der Waals surface area contributed by atoms with Crippen molar-refractivity contribution in [2.75, 3.05) is 0 Å². The fraction of sp³-hybridized carbons (Fsp3) is 0.308. The number of hydrogen-bond acceptors (Lipinski definition) is 3. The van der Waals surface area contributed by atoms with Crippen LogP contribution in [-0.4, -0.2) is 22.9 Å². The summed E-state index contributed by atoms with van der Waals surface area (Å²) in [6, 6.07) is 7.09. The van der Waals surface area contributed by atoms with Crippen molar-refractivity contribution >= 4 is 19.0 Å². The largest absolute Gasteiger partial charge is 0.480 e. The molecule has 17 heavy (non-hydrogen) atoms. The van der Waals surface area contributed by atoms with E-state index in [2.05, 4.69) is 0 Å². The molecule has 0 radical (unpaired) electrons. The summed E-state index contributed by atoms with van der Waals surface area (Å²) < 4.78 is 0. The molecular formula is C13H17BO3. The van der Waals surface area contributed by atoms with Crippen LogP contribution in [0.4, 0.5) is 0 Å². The molecule has 0 fully saturated rings. The molecule has 3 nitrogen and oxygen atoms in total. The van der Waals surface area contributed by atoms with Gasteiger partial charge < -0.3 is 10.0 Å². The minimum Gasteiger partial charge on any atom is -0.424 e. The number of Topliss-reactive ketones (excluding diaryl/α,β-unsaturated/α-hetero) is 1. The summed E-state index contributed by atoms with van der Waals surface area (Å²) in [4.78, 5) is 12.0. The van der Waals surface area contributed by atoms with Gasteiger partial charge in [-0.1, -0.05) is 51.0 Å². The highest BCUT2D eigenvalue weighted by atomic mass is 16.4. The van der Waals surface area contributed by atoms with Crippen molar-refractivity contribution < 1.29 is 14.8 Å². The average molecular weight is 232 g/mol. The lowest BCUT2D eigenvalue weighted by Gasteiger charge is -2.16. The summed E-state index contributed by atoms with van der Waals surface area (Å²) >= 11 is 0. The predicted molar refractivity (Wildman–Crippen MR) is 69.5 cm³/mol. The Morgan fingerprint density at radius 1 is 1.29 bits per heavy atom. The van der Waals surface area contributed by atoms with E-state index in [1.54, 1.807) is 30.3 Å². The number of ketones is 1. The summed E-state index contributed by atoms with van der Waals surface area (Å²) in [7, 11) is -1.48. The first-order valence-corrected chi connectivity index (χ1v) is 5.50. The molecule has 0 atom stereocenters. The minimum absolute atomic E-state index is 0.0669. The maximum absolute atomic E-state index is 12.0. The Labute approximate surface area is 102 Å². The molecular weight excluding hydrogens is 215 g/mol. The van der Waals surface area contributed by atoms with E-state index in [4.69, 9.17) is 10.0 Å². The SMILES string of the molecule is CC(C)(C)C(=O)c1cccc(/C=C/B(O)O)c1. The molecule has 1 aromatic rings. The van der Waals surface area contributed by atoms with Crippen molar-refractivity contribution in [3.63, 3.8) is 0 Å². The van der Waals surface area contributed by atoms with Crippen molar-refractivity contribution in [3.05, 3.63) is 41.4 Å². The molecule has 0 aromatic heterocycles. The van der Waals surface area contributed by atoms with Crippen molar-refractivity contribution in [1.82, 2.24) is 0 Å². The van der Waals surface area contributed by atoms with Gasteiger partial charge in [0, 0.05) is 11.0 Å². The molecule has 0 heterocycles. The Morgan fingerprint density at radius 3 is 2.47 bits per heavy atom. The summed E-state index contributed by atoms with van der Waals surface area (Å²) in [5, 5.41) is 17.4. The predicted octanol–water partition coefficient (Wildman–Crippen LogP) is 1.94. The Morgan fingerprint density at radius 2 is 1.94 bits per heavy atom. The number of carbonyl (C=O) groups excluding carboxylic acids is 1. The van der Waals surface area contributed by atoms with Gasteiger partial charge in [-0.25, -0.2) is 0 Å². The maximum atomic E-state index is 12.0. The first-order chi connectivity index (χ1) is 7.80. The van der Waals surface area contributed by atoms with E-state index in [1.165, 1.54) is 5.98 Å². The van der Waals surface area contributed by atoms with Crippen molar-refractivity contribution in [1.29, 1.82) is 0 Å². The van der Waals surface area contributed by atoms with Crippen molar-refractivity contribution in [3.8, 4) is 0 Å². The summed E-state index contributed by atoms with van der Waals surface area (Å²) in [5.74, 6) is 1.32. The van der Waals surface area contributed by atoms with E-state index in [9.17, 15) is 4.79 Å². The Bertz CT molecular complexity index is 431. The van der Waals surface area contributed by atoms with Gasteiger partial charge in [0.25, 0.3) is 0 Å². The first-order valence-electron chi connectivity index (χ1n) is 5.50. The van der Waals surface area contributed by atoms with Crippen LogP contribution in [0.25, 0.3) is 6.08 Å². The van der Waals surface area contributed by atoms with E-state index in [0.29, 0.717) is 5.56 Å². The van der Waals surface area contributed by atoms with Crippen LogP contribution in [-0.2, 0) is 0 Å². The zero-order valence-corrected chi connectivity index (χ0v) is 10.3. The standard InChI is InChI=1S/C13H17BO3/c1-13(2,3)12(15)11-6-4-5-10(9-11)7-8-14(16)17/h4-9,16-17H,1-3H3/b8-7+. The van der Waals surface area contributed by atoms with Gasteiger partial charge >= 0.3 is 7.12 Å². The molecule has 4 heteroatoms. The molecule has 0 bridgehead atoms. The van der Waals surface area contributed by atoms with E-state index in [-0.39, 0.29) is 5.78 Å². The summed E-state index contributed by atoms with van der Waals surface area (Å²) in [6.45, 7) is 5.61. The van der Waals surface area contributed by atoms with Gasteiger partial charge in [0.2, 0.25) is 0 Å². The van der Waals surface area contributed by atoms with Gasteiger partial charge in [-0.3, -0.25) is 4.79 Å². The van der Waals surface area contributed by atoms with E-state index < -0.39 is 12.5 Å². The first kappa shape index (κ1) is 13.7. The van der Waals surface area contributed by atoms with Gasteiger partial charge in [-0.15, -0.1) is 0 Å². The number of hydrogen-bond donors (Lipinski definition) is 2. The van der Waals surface area contributed by atoms with Crippen LogP contribution in [0.2, 0.25) is 0 Å². The molecule has 0 saturated heterocycles. The Hall–Kier alpha value is -1.39. The normalized spacial score (nSPS) is 11.8. The van der Waals surface area contributed by atoms with Crippen LogP contribution in [0.1, 0.15) is 36.7 Å². The third-order valence-electron chi connectivity index (χ3n) is 2.29. The van der Waals surface area contributed by atoms with Crippen molar-refractivity contribution in [2.45, 2.75) is 20.8 Å². The smallest absolute Gasteiger partial charge is 0.424 e. The second kappa shape index (κ2) is 5.30. The summed E-state index contributed by atoms with van der Waals surface area (Å²) in [6.07, 6.45) is 1.57. The van der Waals surface area contributed by atoms with Gasteiger partial charge in [-0.05, 0) is 11.6 Å². The Kier molecular flexibility index (Phi) is 4.26. The van der Waals surface area contributed by atoms with E-state index >= 15 is 0 Å². The van der Waals surface area contributed by atoms with E-state index in [0.717, 1.165) is 5.56 Å².